The lowest BCUT2D eigenvalue weighted by molar-refractivity contribution is -0.130. The van der Waals surface area contributed by atoms with Gasteiger partial charge in [-0.2, -0.15) is 0 Å². The molecule has 0 aromatic carbocycles. The molecule has 0 radical (unpaired) electrons. The zero-order valence-corrected chi connectivity index (χ0v) is 9.05. The fourth-order valence-corrected chi connectivity index (χ4v) is 1.69. The molecular formula is C10H20N2O2. The Balaban J connectivity index is 2.25. The van der Waals surface area contributed by atoms with Gasteiger partial charge >= 0.3 is 0 Å². The molecule has 82 valence electrons. The van der Waals surface area contributed by atoms with Crippen LogP contribution in [-0.2, 0) is 4.79 Å². The molecule has 2 N–H and O–H groups in total. The molecule has 1 aliphatic rings. The van der Waals surface area contributed by atoms with Crippen LogP contribution in [0.1, 0.15) is 26.7 Å². The normalized spacial score (nSPS) is 26.9. The van der Waals surface area contributed by atoms with Gasteiger partial charge in [-0.15, -0.1) is 0 Å². The molecule has 1 rings (SSSR count). The Morgan fingerprint density at radius 2 is 2.36 bits per heavy atom. The summed E-state index contributed by atoms with van der Waals surface area (Å²) in [5, 5.41) is 12.8. The first-order valence-electron chi connectivity index (χ1n) is 5.26. The van der Waals surface area contributed by atoms with Crippen molar-refractivity contribution in [3.8, 4) is 0 Å². The van der Waals surface area contributed by atoms with E-state index in [1.165, 1.54) is 0 Å². The molecule has 0 bridgehead atoms. The summed E-state index contributed by atoms with van der Waals surface area (Å²) < 4.78 is 0. The van der Waals surface area contributed by atoms with Crippen molar-refractivity contribution < 1.29 is 9.90 Å². The minimum atomic E-state index is -0.673. The second kappa shape index (κ2) is 4.75. The quantitative estimate of drug-likeness (QED) is 0.627. The van der Waals surface area contributed by atoms with Gasteiger partial charge in [-0.05, 0) is 19.9 Å². The number of β-amino-alcohol motifs (C(OH)–C–C–N with tert-alkyl or cyclic N) is 1. The van der Waals surface area contributed by atoms with Crippen LogP contribution in [0.5, 0.6) is 0 Å². The maximum Gasteiger partial charge on any atom is 0.223 e. The number of rotatable bonds is 4. The van der Waals surface area contributed by atoms with E-state index in [4.69, 9.17) is 0 Å². The minimum Gasteiger partial charge on any atom is -0.388 e. The number of hydrogen-bond donors (Lipinski definition) is 2. The highest BCUT2D eigenvalue weighted by Crippen LogP contribution is 2.20. The van der Waals surface area contributed by atoms with Crippen molar-refractivity contribution in [2.24, 2.45) is 0 Å². The summed E-state index contributed by atoms with van der Waals surface area (Å²) >= 11 is 0. The molecule has 1 saturated heterocycles. The van der Waals surface area contributed by atoms with Crippen molar-refractivity contribution in [2.45, 2.75) is 32.3 Å². The SMILES string of the molecule is CCNCCC(=O)N1CCC(C)(O)C1. The number of likely N-dealkylation sites (tertiary alicyclic amines) is 1. The number of carbonyl (C=O) groups is 1. The summed E-state index contributed by atoms with van der Waals surface area (Å²) in [6.07, 6.45) is 1.23. The third-order valence-electron chi connectivity index (χ3n) is 2.57. The van der Waals surface area contributed by atoms with Crippen molar-refractivity contribution in [2.75, 3.05) is 26.2 Å². The standard InChI is InChI=1S/C10H20N2O2/c1-3-11-6-4-9(13)12-7-5-10(2,14)8-12/h11,14H,3-8H2,1-2H3. The average molecular weight is 200 g/mol. The van der Waals surface area contributed by atoms with Gasteiger partial charge in [0.05, 0.1) is 5.60 Å². The molecule has 1 atom stereocenters. The summed E-state index contributed by atoms with van der Waals surface area (Å²) in [6, 6.07) is 0. The maximum atomic E-state index is 11.6. The lowest BCUT2D eigenvalue weighted by Gasteiger charge is -2.18. The zero-order valence-electron chi connectivity index (χ0n) is 9.05. The molecule has 0 spiro atoms. The Kier molecular flexibility index (Phi) is 3.89. The van der Waals surface area contributed by atoms with E-state index in [0.717, 1.165) is 13.1 Å². The fourth-order valence-electron chi connectivity index (χ4n) is 1.69. The van der Waals surface area contributed by atoms with Crippen LogP contribution in [0.25, 0.3) is 0 Å². The van der Waals surface area contributed by atoms with Crippen molar-refractivity contribution in [1.29, 1.82) is 0 Å². The Labute approximate surface area is 85.3 Å². The van der Waals surface area contributed by atoms with E-state index in [-0.39, 0.29) is 5.91 Å². The number of nitrogens with zero attached hydrogens (tertiary/aromatic N) is 1. The van der Waals surface area contributed by atoms with Gasteiger partial charge in [0, 0.05) is 26.1 Å². The van der Waals surface area contributed by atoms with Gasteiger partial charge in [-0.1, -0.05) is 6.92 Å². The summed E-state index contributed by atoms with van der Waals surface area (Å²) in [7, 11) is 0. The highest BCUT2D eigenvalue weighted by atomic mass is 16.3. The average Bonchev–Trinajstić information content (AvgIpc) is 2.46. The predicted octanol–water partition coefficient (Wildman–Crippen LogP) is -0.0307. The van der Waals surface area contributed by atoms with Gasteiger partial charge in [0.25, 0.3) is 0 Å². The number of carbonyl (C=O) groups excluding carboxylic acids is 1. The summed E-state index contributed by atoms with van der Waals surface area (Å²) in [4.78, 5) is 13.3. The van der Waals surface area contributed by atoms with Gasteiger partial charge in [0.2, 0.25) is 5.91 Å². The van der Waals surface area contributed by atoms with Crippen LogP contribution in [0.3, 0.4) is 0 Å². The van der Waals surface area contributed by atoms with E-state index in [1.54, 1.807) is 11.8 Å². The largest absolute Gasteiger partial charge is 0.388 e. The molecule has 0 saturated carbocycles. The second-order valence-electron chi connectivity index (χ2n) is 4.17. The number of nitrogens with one attached hydrogen (secondary N) is 1. The van der Waals surface area contributed by atoms with Crippen LogP contribution in [0.2, 0.25) is 0 Å². The lowest BCUT2D eigenvalue weighted by atomic mass is 10.1. The predicted molar refractivity (Wildman–Crippen MR) is 55.0 cm³/mol. The van der Waals surface area contributed by atoms with E-state index in [1.807, 2.05) is 6.92 Å². The third-order valence-corrected chi connectivity index (χ3v) is 2.57. The van der Waals surface area contributed by atoms with Crippen LogP contribution < -0.4 is 5.32 Å². The van der Waals surface area contributed by atoms with Crippen LogP contribution in [0.4, 0.5) is 0 Å². The van der Waals surface area contributed by atoms with Crippen LogP contribution in [-0.4, -0.2) is 47.7 Å². The topological polar surface area (TPSA) is 52.6 Å². The number of hydrogen-bond acceptors (Lipinski definition) is 3. The van der Waals surface area contributed by atoms with E-state index < -0.39 is 5.60 Å². The zero-order chi connectivity index (χ0) is 10.6. The highest BCUT2D eigenvalue weighted by Gasteiger charge is 2.33. The lowest BCUT2D eigenvalue weighted by Crippen LogP contribution is -2.35. The van der Waals surface area contributed by atoms with Crippen molar-refractivity contribution in [3.63, 3.8) is 0 Å². The fraction of sp³-hybridized carbons (Fsp3) is 0.900. The molecule has 1 amide bonds. The monoisotopic (exact) mass is 200 g/mol. The smallest absolute Gasteiger partial charge is 0.223 e. The van der Waals surface area contributed by atoms with Crippen LogP contribution in [0.15, 0.2) is 0 Å². The molecule has 1 aliphatic heterocycles. The molecule has 0 aromatic heterocycles. The van der Waals surface area contributed by atoms with Crippen molar-refractivity contribution >= 4 is 5.91 Å². The van der Waals surface area contributed by atoms with Crippen molar-refractivity contribution in [1.82, 2.24) is 10.2 Å². The molecule has 1 fully saturated rings. The third kappa shape index (κ3) is 3.27. The molecule has 0 aliphatic carbocycles. The van der Waals surface area contributed by atoms with E-state index in [0.29, 0.717) is 25.9 Å². The van der Waals surface area contributed by atoms with E-state index >= 15 is 0 Å². The minimum absolute atomic E-state index is 0.142. The van der Waals surface area contributed by atoms with Gasteiger partial charge < -0.3 is 15.3 Å². The van der Waals surface area contributed by atoms with Gasteiger partial charge in [-0.25, -0.2) is 0 Å². The summed E-state index contributed by atoms with van der Waals surface area (Å²) in [6.45, 7) is 6.60. The van der Waals surface area contributed by atoms with Crippen LogP contribution in [0, 0.1) is 0 Å². The molecular weight excluding hydrogens is 180 g/mol. The molecule has 0 aromatic rings. The molecule has 1 unspecified atom stereocenters. The second-order valence-corrected chi connectivity index (χ2v) is 4.17. The Bertz CT molecular complexity index is 204. The summed E-state index contributed by atoms with van der Waals surface area (Å²) in [5.74, 6) is 0.142. The van der Waals surface area contributed by atoms with E-state index in [9.17, 15) is 9.90 Å². The van der Waals surface area contributed by atoms with Crippen LogP contribution >= 0.6 is 0 Å². The molecule has 4 nitrogen and oxygen atoms in total. The first-order chi connectivity index (χ1) is 6.55. The maximum absolute atomic E-state index is 11.6. The molecule has 14 heavy (non-hydrogen) atoms. The van der Waals surface area contributed by atoms with Crippen molar-refractivity contribution in [3.05, 3.63) is 0 Å². The number of amides is 1. The molecule has 1 heterocycles. The number of aliphatic hydroxyl groups is 1. The summed E-state index contributed by atoms with van der Waals surface area (Å²) in [5.41, 5.74) is -0.673. The Morgan fingerprint density at radius 3 is 2.86 bits per heavy atom. The van der Waals surface area contributed by atoms with E-state index in [2.05, 4.69) is 5.32 Å². The first kappa shape index (κ1) is 11.5. The van der Waals surface area contributed by atoms with Gasteiger partial charge in [-0.3, -0.25) is 4.79 Å². The first-order valence-corrected chi connectivity index (χ1v) is 5.26. The Hall–Kier alpha value is -0.610. The highest BCUT2D eigenvalue weighted by molar-refractivity contribution is 5.76. The molecule has 4 heteroatoms. The van der Waals surface area contributed by atoms with Gasteiger partial charge in [0.15, 0.2) is 0 Å². The Morgan fingerprint density at radius 1 is 1.64 bits per heavy atom. The van der Waals surface area contributed by atoms with Gasteiger partial charge in [0.1, 0.15) is 0 Å².